The Morgan fingerprint density at radius 1 is 0.414 bits per heavy atom. The minimum atomic E-state index is 0. The van der Waals surface area contributed by atoms with E-state index in [4.69, 9.17) is 0 Å². The van der Waals surface area contributed by atoms with Crippen molar-refractivity contribution < 1.29 is 29.6 Å². The molecule has 0 N–H and O–H groups in total. The number of nitrogens with zero attached hydrogens (tertiary/aromatic N) is 4. The van der Waals surface area contributed by atoms with Gasteiger partial charge in [-0.1, -0.05) is 131 Å². The first-order valence-electron chi connectivity index (χ1n) is 22.5. The minimum absolute atomic E-state index is 0. The molecule has 5 aromatic heterocycles. The fourth-order valence-electron chi connectivity index (χ4n) is 10.4. The largest absolute Gasteiger partial charge is 1.00 e. The van der Waals surface area contributed by atoms with Gasteiger partial charge in [-0.3, -0.25) is 5.26 Å². The van der Waals surface area contributed by atoms with E-state index in [2.05, 4.69) is 191 Å². The maximum atomic E-state index is 10.9. The van der Waals surface area contributed by atoms with Crippen molar-refractivity contribution in [3.63, 3.8) is 0 Å². The van der Waals surface area contributed by atoms with Crippen LogP contribution in [0.5, 0.6) is 0 Å². The molecule has 10 aromatic carbocycles. The molecule has 70 heavy (non-hydrogen) atoms. The molecule has 5 heterocycles. The number of rotatable bonds is 3. The molecule has 0 fully saturated rings. The SMILES string of the molecule is N#Cc1[c-]c(-n2c3ccccc3c3ccc4c5ccccc5sc4c32)c(C#N)cc1-n1c2ccccc2c2ccc3c4ccccc4sc3c21.[Na+].[c-]1ccccc1-c1[c-]c2sc3ccccc3c2cc1. The van der Waals surface area contributed by atoms with Gasteiger partial charge in [0.05, 0.1) is 25.9 Å². The number of thiophene rings is 3. The summed E-state index contributed by atoms with van der Waals surface area (Å²) in [5, 5.41) is 33.6. The zero-order valence-electron chi connectivity index (χ0n) is 37.4. The number of fused-ring (bicyclic) bond motifs is 17. The standard InChI is InChI=1S/C44H21N4S2.C18H10S.Na/c45-23-25-22-38(48-36-14-6-2-10-28(36)32-18-20-34-30-12-4-8-16-40(30)50-44(34)42(32)48)26(24-46)21-37(25)47-35-13-5-1-9-27(35)31-17-19-33-29-11-3-7-15-39(29)49-43(33)41(31)47;1-2-6-13(7-3-1)14-10-11-16-15-8-4-5-9-17(15)19-18(16)12-14;/h1-21H;1-6,8-11H;/q-1;-2;+1. The number of hydrogen-bond acceptors (Lipinski definition) is 5. The van der Waals surface area contributed by atoms with Gasteiger partial charge < -0.3 is 9.13 Å². The van der Waals surface area contributed by atoms with Crippen LogP contribution in [0.4, 0.5) is 0 Å². The van der Waals surface area contributed by atoms with E-state index in [0.29, 0.717) is 22.5 Å². The van der Waals surface area contributed by atoms with Gasteiger partial charge in [-0.15, -0.1) is 46.9 Å². The molecule has 0 amide bonds. The third-order valence-corrected chi connectivity index (χ3v) is 16.9. The van der Waals surface area contributed by atoms with E-state index in [1.165, 1.54) is 51.1 Å². The van der Waals surface area contributed by atoms with Gasteiger partial charge >= 0.3 is 29.6 Å². The Bertz CT molecular complexity index is 4480. The van der Waals surface area contributed by atoms with Gasteiger partial charge in [-0.25, -0.2) is 16.4 Å². The molecule has 0 saturated heterocycles. The van der Waals surface area contributed by atoms with Crippen molar-refractivity contribution in [1.29, 1.82) is 10.5 Å². The monoisotopic (exact) mass is 950 g/mol. The second-order valence-corrected chi connectivity index (χ2v) is 20.2. The molecule has 0 atom stereocenters. The maximum Gasteiger partial charge on any atom is 1.00 e. The van der Waals surface area contributed by atoms with Crippen LogP contribution in [0.2, 0.25) is 0 Å². The van der Waals surface area contributed by atoms with Crippen LogP contribution in [-0.2, 0) is 0 Å². The summed E-state index contributed by atoms with van der Waals surface area (Å²) in [5.74, 6) is 0. The summed E-state index contributed by atoms with van der Waals surface area (Å²) in [6.45, 7) is 0. The molecular weight excluding hydrogens is 920 g/mol. The summed E-state index contributed by atoms with van der Waals surface area (Å²) in [5.41, 5.74) is 8.30. The number of aromatic nitrogens is 2. The third kappa shape index (κ3) is 6.42. The van der Waals surface area contributed by atoms with Gasteiger partial charge in [-0.05, 0) is 58.7 Å². The Kier molecular flexibility index (Phi) is 10.2. The Balaban J connectivity index is 0.000000201. The number of para-hydroxylation sites is 2. The second kappa shape index (κ2) is 16.8. The predicted molar refractivity (Wildman–Crippen MR) is 292 cm³/mol. The number of nitriles is 2. The van der Waals surface area contributed by atoms with Crippen molar-refractivity contribution in [3.8, 4) is 34.6 Å². The van der Waals surface area contributed by atoms with E-state index in [9.17, 15) is 10.5 Å². The predicted octanol–water partition coefficient (Wildman–Crippen LogP) is 14.5. The summed E-state index contributed by atoms with van der Waals surface area (Å²) in [6, 6.07) is 80.5. The number of hydrogen-bond donors (Lipinski definition) is 0. The van der Waals surface area contributed by atoms with Crippen LogP contribution >= 0.6 is 34.0 Å². The summed E-state index contributed by atoms with van der Waals surface area (Å²) in [7, 11) is 0. The average molecular weight is 951 g/mol. The molecule has 0 aliphatic carbocycles. The smallest absolute Gasteiger partial charge is 0.349 e. The summed E-state index contributed by atoms with van der Waals surface area (Å²) in [4.78, 5) is 0. The quantitative estimate of drug-likeness (QED) is 0.131. The van der Waals surface area contributed by atoms with Crippen LogP contribution in [0.3, 0.4) is 0 Å². The summed E-state index contributed by atoms with van der Waals surface area (Å²) >= 11 is 5.32. The van der Waals surface area contributed by atoms with Crippen LogP contribution in [0.15, 0.2) is 188 Å². The van der Waals surface area contributed by atoms with E-state index in [1.807, 2.05) is 36.4 Å². The van der Waals surface area contributed by atoms with E-state index in [-0.39, 0.29) is 29.6 Å². The van der Waals surface area contributed by atoms with Gasteiger partial charge in [0.25, 0.3) is 0 Å². The Labute approximate surface area is 435 Å². The molecule has 15 aromatic rings. The first kappa shape index (κ1) is 42.5. The van der Waals surface area contributed by atoms with Gasteiger partial charge in [0, 0.05) is 68.8 Å². The first-order valence-corrected chi connectivity index (χ1v) is 25.0. The van der Waals surface area contributed by atoms with Crippen molar-refractivity contribution in [1.82, 2.24) is 9.13 Å². The van der Waals surface area contributed by atoms with Crippen LogP contribution in [-0.4, -0.2) is 9.13 Å². The van der Waals surface area contributed by atoms with Crippen LogP contribution in [0.1, 0.15) is 11.1 Å². The van der Waals surface area contributed by atoms with Gasteiger partial charge in [0.15, 0.2) is 0 Å². The Hall–Kier alpha value is -7.56. The summed E-state index contributed by atoms with van der Waals surface area (Å²) in [6.07, 6.45) is 0. The fraction of sp³-hybridized carbons (Fsp3) is 0. The molecule has 4 nitrogen and oxygen atoms in total. The van der Waals surface area contributed by atoms with Crippen molar-refractivity contribution in [2.45, 2.75) is 0 Å². The summed E-state index contributed by atoms with van der Waals surface area (Å²) < 4.78 is 11.6. The normalized spacial score (nSPS) is 11.6. The van der Waals surface area contributed by atoms with Gasteiger partial charge in [0.1, 0.15) is 0 Å². The third-order valence-electron chi connectivity index (χ3n) is 13.4. The molecule has 0 spiro atoms. The fourth-order valence-corrected chi connectivity index (χ4v) is 14.0. The number of benzene rings is 10. The van der Waals surface area contributed by atoms with Crippen molar-refractivity contribution in [2.75, 3.05) is 0 Å². The Morgan fingerprint density at radius 3 is 1.50 bits per heavy atom. The van der Waals surface area contributed by atoms with Crippen LogP contribution in [0, 0.1) is 40.9 Å². The Morgan fingerprint density at radius 2 is 0.914 bits per heavy atom. The molecular formula is C62H31N4NaS3-2. The topological polar surface area (TPSA) is 57.4 Å². The molecule has 0 aliphatic heterocycles. The van der Waals surface area contributed by atoms with Gasteiger partial charge in [-0.2, -0.15) is 47.7 Å². The minimum Gasteiger partial charge on any atom is -0.349 e. The van der Waals surface area contributed by atoms with Crippen molar-refractivity contribution in [2.24, 2.45) is 0 Å². The van der Waals surface area contributed by atoms with Crippen LogP contribution < -0.4 is 29.6 Å². The second-order valence-electron chi connectivity index (χ2n) is 17.1. The van der Waals surface area contributed by atoms with E-state index in [0.717, 1.165) is 64.1 Å². The average Bonchev–Trinajstić information content (AvgIpc) is 4.23. The molecule has 320 valence electrons. The van der Waals surface area contributed by atoms with E-state index < -0.39 is 0 Å². The molecule has 0 bridgehead atoms. The maximum absolute atomic E-state index is 10.9. The molecule has 8 heteroatoms. The molecule has 15 rings (SSSR count). The molecule has 0 radical (unpaired) electrons. The van der Waals surface area contributed by atoms with Crippen molar-refractivity contribution in [3.05, 3.63) is 217 Å². The van der Waals surface area contributed by atoms with Gasteiger partial charge in [0.2, 0.25) is 0 Å². The zero-order valence-corrected chi connectivity index (χ0v) is 41.9. The molecule has 0 unspecified atom stereocenters. The first-order chi connectivity index (χ1) is 34.1. The van der Waals surface area contributed by atoms with E-state index in [1.54, 1.807) is 34.0 Å². The van der Waals surface area contributed by atoms with Crippen molar-refractivity contribution >= 4 is 138 Å². The molecule has 0 saturated carbocycles. The van der Waals surface area contributed by atoms with Crippen LogP contribution in [0.25, 0.3) is 127 Å². The zero-order chi connectivity index (χ0) is 45.7. The molecule has 0 aliphatic rings. The van der Waals surface area contributed by atoms with E-state index >= 15 is 0 Å².